The van der Waals surface area contributed by atoms with Gasteiger partial charge in [-0.3, -0.25) is 0 Å². The van der Waals surface area contributed by atoms with Crippen molar-refractivity contribution in [1.29, 1.82) is 0 Å². The van der Waals surface area contributed by atoms with Crippen molar-refractivity contribution in [2.45, 2.75) is 32.3 Å². The maximum absolute atomic E-state index is 9.68. The Hall–Kier alpha value is -0.120. The molecule has 0 aromatic heterocycles. The van der Waals surface area contributed by atoms with Crippen molar-refractivity contribution in [1.82, 2.24) is 0 Å². The molecule has 0 bridgehead atoms. The fraction of sp³-hybridized carbons (Fsp3) is 1.00. The van der Waals surface area contributed by atoms with E-state index in [1.54, 1.807) is 0 Å². The van der Waals surface area contributed by atoms with E-state index in [1.165, 1.54) is 0 Å². The molecule has 0 amide bonds. The summed E-state index contributed by atoms with van der Waals surface area (Å²) in [7, 11) is 0. The Kier molecular flexibility index (Phi) is 4.65. The van der Waals surface area contributed by atoms with Gasteiger partial charge in [-0.15, -0.1) is 0 Å². The monoisotopic (exact) mass is 160 g/mol. The molecule has 0 saturated heterocycles. The van der Waals surface area contributed by atoms with Crippen molar-refractivity contribution in [3.05, 3.63) is 0 Å². The third-order valence-electron chi connectivity index (χ3n) is 1.87. The van der Waals surface area contributed by atoms with Gasteiger partial charge >= 0.3 is 0 Å². The number of hydrogen-bond donors (Lipinski definition) is 3. The lowest BCUT2D eigenvalue weighted by molar-refractivity contribution is 0.0311. The first-order valence-corrected chi connectivity index (χ1v) is 4.14. The second-order valence-electron chi connectivity index (χ2n) is 3.58. The molecule has 0 aliphatic heterocycles. The molecule has 2 atom stereocenters. The fourth-order valence-electron chi connectivity index (χ4n) is 1.25. The predicted octanol–water partition coefficient (Wildman–Crippen LogP) is 0.0711. The van der Waals surface area contributed by atoms with Crippen LogP contribution in [0.15, 0.2) is 0 Å². The van der Waals surface area contributed by atoms with Crippen molar-refractivity contribution in [3.63, 3.8) is 0 Å². The van der Waals surface area contributed by atoms with E-state index in [2.05, 4.69) is 0 Å². The van der Waals surface area contributed by atoms with E-state index in [1.807, 2.05) is 13.8 Å². The summed E-state index contributed by atoms with van der Waals surface area (Å²) in [5.41, 5.74) is 10.1. The zero-order valence-electron chi connectivity index (χ0n) is 7.51. The van der Waals surface area contributed by atoms with Crippen LogP contribution >= 0.6 is 0 Å². The van der Waals surface area contributed by atoms with Gasteiger partial charge in [-0.05, 0) is 38.8 Å². The largest absolute Gasteiger partial charge is 0.390 e. The van der Waals surface area contributed by atoms with E-state index in [-0.39, 0.29) is 0 Å². The molecule has 3 nitrogen and oxygen atoms in total. The molecule has 0 spiro atoms. The van der Waals surface area contributed by atoms with E-state index in [0.717, 1.165) is 6.42 Å². The van der Waals surface area contributed by atoms with Crippen molar-refractivity contribution >= 4 is 0 Å². The van der Waals surface area contributed by atoms with Gasteiger partial charge in [0, 0.05) is 0 Å². The van der Waals surface area contributed by atoms with Gasteiger partial charge in [0.25, 0.3) is 0 Å². The molecule has 3 heteroatoms. The quantitative estimate of drug-likeness (QED) is 0.533. The van der Waals surface area contributed by atoms with Crippen LogP contribution in [-0.2, 0) is 0 Å². The smallest absolute Gasteiger partial charge is 0.0634 e. The molecule has 0 saturated carbocycles. The molecule has 0 fully saturated rings. The van der Waals surface area contributed by atoms with Crippen LogP contribution in [0.25, 0.3) is 0 Å². The lowest BCUT2D eigenvalue weighted by Crippen LogP contribution is -2.31. The summed E-state index contributed by atoms with van der Waals surface area (Å²) in [6.07, 6.45) is 1.39. The van der Waals surface area contributed by atoms with Crippen LogP contribution in [0.2, 0.25) is 0 Å². The minimum atomic E-state index is -0.631. The number of nitrogens with two attached hydrogens (primary N) is 2. The number of hydrogen-bond acceptors (Lipinski definition) is 3. The van der Waals surface area contributed by atoms with Crippen LogP contribution < -0.4 is 11.5 Å². The second kappa shape index (κ2) is 4.70. The molecule has 0 radical (unpaired) electrons. The van der Waals surface area contributed by atoms with Gasteiger partial charge in [0.2, 0.25) is 0 Å². The molecule has 2 unspecified atom stereocenters. The minimum Gasteiger partial charge on any atom is -0.390 e. The fourth-order valence-corrected chi connectivity index (χ4v) is 1.25. The normalized spacial score (nSPS) is 19.4. The zero-order chi connectivity index (χ0) is 8.91. The molecule has 0 aliphatic carbocycles. The lowest BCUT2D eigenvalue weighted by Gasteiger charge is -2.25. The van der Waals surface area contributed by atoms with Crippen molar-refractivity contribution < 1.29 is 5.11 Å². The van der Waals surface area contributed by atoms with Crippen molar-refractivity contribution in [2.24, 2.45) is 17.4 Å². The average molecular weight is 160 g/mol. The number of aliphatic hydroxyl groups is 1. The maximum Gasteiger partial charge on any atom is 0.0634 e. The van der Waals surface area contributed by atoms with E-state index < -0.39 is 5.60 Å². The van der Waals surface area contributed by atoms with Crippen LogP contribution in [0, 0.1) is 5.92 Å². The van der Waals surface area contributed by atoms with Crippen molar-refractivity contribution in [3.8, 4) is 0 Å². The molecule has 11 heavy (non-hydrogen) atoms. The number of rotatable bonds is 5. The molecule has 0 aromatic rings. The highest BCUT2D eigenvalue weighted by Crippen LogP contribution is 2.18. The van der Waals surface area contributed by atoms with E-state index >= 15 is 0 Å². The first-order chi connectivity index (χ1) is 5.02. The molecular formula is C8H20N2O. The predicted molar refractivity (Wildman–Crippen MR) is 47.1 cm³/mol. The Bertz CT molecular complexity index is 104. The van der Waals surface area contributed by atoms with E-state index in [0.29, 0.717) is 25.4 Å². The molecular weight excluding hydrogens is 140 g/mol. The van der Waals surface area contributed by atoms with Crippen LogP contribution in [0.1, 0.15) is 26.7 Å². The van der Waals surface area contributed by atoms with Gasteiger partial charge in [-0.25, -0.2) is 0 Å². The SMILES string of the molecule is CC(CN)CC(C)(O)CCN. The maximum atomic E-state index is 9.68. The summed E-state index contributed by atoms with van der Waals surface area (Å²) >= 11 is 0. The topological polar surface area (TPSA) is 72.3 Å². The standard InChI is InChI=1S/C8H20N2O/c1-7(6-10)5-8(2,11)3-4-9/h7,11H,3-6,9-10H2,1-2H3. The molecule has 0 aliphatic rings. The van der Waals surface area contributed by atoms with Crippen molar-refractivity contribution in [2.75, 3.05) is 13.1 Å². The lowest BCUT2D eigenvalue weighted by atomic mass is 9.90. The van der Waals surface area contributed by atoms with Gasteiger partial charge in [0.05, 0.1) is 5.60 Å². The Morgan fingerprint density at radius 3 is 2.36 bits per heavy atom. The van der Waals surface area contributed by atoms with Gasteiger partial charge in [0.15, 0.2) is 0 Å². The Morgan fingerprint density at radius 1 is 1.45 bits per heavy atom. The molecule has 0 heterocycles. The Labute approximate surface area is 68.8 Å². The van der Waals surface area contributed by atoms with Crippen LogP contribution in [0.5, 0.6) is 0 Å². The summed E-state index contributed by atoms with van der Waals surface area (Å²) in [4.78, 5) is 0. The summed E-state index contributed by atoms with van der Waals surface area (Å²) < 4.78 is 0. The first kappa shape index (κ1) is 10.9. The first-order valence-electron chi connectivity index (χ1n) is 4.14. The highest BCUT2D eigenvalue weighted by molar-refractivity contribution is 4.75. The summed E-state index contributed by atoms with van der Waals surface area (Å²) in [5, 5.41) is 9.68. The second-order valence-corrected chi connectivity index (χ2v) is 3.58. The van der Waals surface area contributed by atoms with Crippen LogP contribution in [-0.4, -0.2) is 23.8 Å². The summed E-state index contributed by atoms with van der Waals surface area (Å²) in [5.74, 6) is 0.372. The molecule has 0 rings (SSSR count). The summed E-state index contributed by atoms with van der Waals surface area (Å²) in [6, 6.07) is 0. The van der Waals surface area contributed by atoms with E-state index in [9.17, 15) is 5.11 Å². The third kappa shape index (κ3) is 5.18. The van der Waals surface area contributed by atoms with Gasteiger partial charge in [-0.2, -0.15) is 0 Å². The Balaban J connectivity index is 3.70. The van der Waals surface area contributed by atoms with Crippen LogP contribution in [0.3, 0.4) is 0 Å². The average Bonchev–Trinajstić information content (AvgIpc) is 1.86. The van der Waals surface area contributed by atoms with Gasteiger partial charge < -0.3 is 16.6 Å². The van der Waals surface area contributed by atoms with E-state index in [4.69, 9.17) is 11.5 Å². The minimum absolute atomic E-state index is 0.372. The third-order valence-corrected chi connectivity index (χ3v) is 1.87. The highest BCUT2D eigenvalue weighted by atomic mass is 16.3. The van der Waals surface area contributed by atoms with Crippen LogP contribution in [0.4, 0.5) is 0 Å². The summed E-state index contributed by atoms with van der Waals surface area (Å²) in [6.45, 7) is 5.00. The zero-order valence-corrected chi connectivity index (χ0v) is 7.51. The molecule has 0 aromatic carbocycles. The molecule has 5 N–H and O–H groups in total. The van der Waals surface area contributed by atoms with Gasteiger partial charge in [0.1, 0.15) is 0 Å². The Morgan fingerprint density at radius 2 is 2.00 bits per heavy atom. The van der Waals surface area contributed by atoms with Gasteiger partial charge in [-0.1, -0.05) is 6.92 Å². The highest BCUT2D eigenvalue weighted by Gasteiger charge is 2.21. The molecule has 68 valence electrons.